The van der Waals surface area contributed by atoms with Gasteiger partial charge in [0.05, 0.1) is 35.6 Å². The monoisotopic (exact) mass is 416 g/mol. The van der Waals surface area contributed by atoms with E-state index in [-0.39, 0.29) is 28.3 Å². The fourth-order valence-corrected chi connectivity index (χ4v) is 6.19. The summed E-state index contributed by atoms with van der Waals surface area (Å²) in [6.07, 6.45) is 8.44. The van der Waals surface area contributed by atoms with Crippen LogP contribution >= 0.6 is 0 Å². The van der Waals surface area contributed by atoms with Crippen molar-refractivity contribution >= 4 is 15.7 Å². The topological polar surface area (TPSA) is 94.4 Å². The van der Waals surface area contributed by atoms with E-state index in [1.165, 1.54) is 12.6 Å². The third kappa shape index (κ3) is 3.16. The first-order chi connectivity index (χ1) is 14.1. The minimum absolute atomic E-state index is 0.186. The number of nitrogens with zero attached hydrogens (tertiary/aromatic N) is 4. The van der Waals surface area contributed by atoms with Gasteiger partial charge in [0.25, 0.3) is 5.91 Å². The van der Waals surface area contributed by atoms with Crippen LogP contribution in [0.3, 0.4) is 0 Å². The molecular weight excluding hydrogens is 392 g/mol. The fraction of sp³-hybridized carbons (Fsp3) is 0.550. The second kappa shape index (κ2) is 7.21. The second-order valence-corrected chi connectivity index (χ2v) is 9.91. The summed E-state index contributed by atoms with van der Waals surface area (Å²) in [5, 5.41) is 4.75. The quantitative estimate of drug-likeness (QED) is 0.745. The summed E-state index contributed by atoms with van der Waals surface area (Å²) in [7, 11) is -3.57. The van der Waals surface area contributed by atoms with Crippen LogP contribution in [0.15, 0.2) is 23.4 Å². The summed E-state index contributed by atoms with van der Waals surface area (Å²) < 4.78 is 33.2. The average Bonchev–Trinajstić information content (AvgIpc) is 3.13. The van der Waals surface area contributed by atoms with Crippen molar-refractivity contribution in [3.63, 3.8) is 0 Å². The molecule has 0 spiro atoms. The van der Waals surface area contributed by atoms with Gasteiger partial charge < -0.3 is 9.64 Å². The highest BCUT2D eigenvalue weighted by Gasteiger charge is 2.38. The zero-order valence-corrected chi connectivity index (χ0v) is 17.0. The molecule has 0 unspecified atom stereocenters. The van der Waals surface area contributed by atoms with Crippen LogP contribution in [-0.2, 0) is 20.3 Å². The maximum atomic E-state index is 13.3. The minimum Gasteiger partial charge on any atom is -0.378 e. The molecule has 9 heteroatoms. The molecular formula is C20H24N4O4S. The third-order valence-corrected chi connectivity index (χ3v) is 7.80. The second-order valence-electron chi connectivity index (χ2n) is 7.95. The van der Waals surface area contributed by atoms with E-state index in [1.807, 2.05) is 4.68 Å². The zero-order valence-electron chi connectivity index (χ0n) is 16.2. The van der Waals surface area contributed by atoms with Gasteiger partial charge in [0.2, 0.25) is 0 Å². The molecule has 0 aromatic carbocycles. The molecule has 2 aromatic rings. The standard InChI is InChI=1S/C20H24N4O4S/c25-20(23-8-10-28-11-9-23)18-16-13-29(26,27)17-12-21-7-6-15(17)19(16)24(22-18)14-4-2-1-3-5-14/h6-7,12,14H,1-5,8-11,13H2. The largest absolute Gasteiger partial charge is 0.378 e. The molecule has 5 rings (SSSR count). The number of amides is 1. The summed E-state index contributed by atoms with van der Waals surface area (Å²) in [6.45, 7) is 1.97. The molecule has 154 valence electrons. The smallest absolute Gasteiger partial charge is 0.274 e. The van der Waals surface area contributed by atoms with Crippen molar-refractivity contribution in [2.75, 3.05) is 26.3 Å². The number of hydrogen-bond acceptors (Lipinski definition) is 6. The van der Waals surface area contributed by atoms with E-state index in [0.717, 1.165) is 31.4 Å². The first-order valence-corrected chi connectivity index (χ1v) is 11.9. The Bertz CT molecular complexity index is 1050. The van der Waals surface area contributed by atoms with Crippen LogP contribution in [0.2, 0.25) is 0 Å². The van der Waals surface area contributed by atoms with E-state index in [1.54, 1.807) is 17.2 Å². The van der Waals surface area contributed by atoms with Crippen LogP contribution in [0.1, 0.15) is 54.2 Å². The van der Waals surface area contributed by atoms with Crippen molar-refractivity contribution in [2.24, 2.45) is 0 Å². The Hall–Kier alpha value is -2.26. The third-order valence-electron chi connectivity index (χ3n) is 6.14. The number of sulfone groups is 1. The van der Waals surface area contributed by atoms with Gasteiger partial charge in [-0.1, -0.05) is 19.3 Å². The molecule has 29 heavy (non-hydrogen) atoms. The molecule has 2 aliphatic heterocycles. The number of morpholine rings is 1. The van der Waals surface area contributed by atoms with Crippen molar-refractivity contribution < 1.29 is 17.9 Å². The molecule has 0 bridgehead atoms. The van der Waals surface area contributed by atoms with Crippen molar-refractivity contribution in [3.05, 3.63) is 29.7 Å². The lowest BCUT2D eigenvalue weighted by Gasteiger charge is -2.26. The number of pyridine rings is 1. The fourth-order valence-electron chi connectivity index (χ4n) is 4.66. The van der Waals surface area contributed by atoms with Crippen molar-refractivity contribution in [1.82, 2.24) is 19.7 Å². The van der Waals surface area contributed by atoms with Crippen LogP contribution in [0, 0.1) is 0 Å². The molecule has 0 atom stereocenters. The molecule has 1 saturated heterocycles. The highest BCUT2D eigenvalue weighted by atomic mass is 32.2. The lowest BCUT2D eigenvalue weighted by atomic mass is 9.95. The maximum Gasteiger partial charge on any atom is 0.274 e. The van der Waals surface area contributed by atoms with Gasteiger partial charge in [0.15, 0.2) is 15.5 Å². The summed E-state index contributed by atoms with van der Waals surface area (Å²) in [5.74, 6) is -0.411. The van der Waals surface area contributed by atoms with Gasteiger partial charge in [-0.05, 0) is 18.9 Å². The van der Waals surface area contributed by atoms with Crippen LogP contribution in [0.5, 0.6) is 0 Å². The Morgan fingerprint density at radius 2 is 1.90 bits per heavy atom. The first kappa shape index (κ1) is 18.7. The molecule has 8 nitrogen and oxygen atoms in total. The number of rotatable bonds is 2. The molecule has 1 amide bonds. The summed E-state index contributed by atoms with van der Waals surface area (Å²) in [4.78, 5) is 19.3. The highest BCUT2D eigenvalue weighted by molar-refractivity contribution is 7.90. The Morgan fingerprint density at radius 3 is 2.66 bits per heavy atom. The van der Waals surface area contributed by atoms with E-state index < -0.39 is 9.84 Å². The van der Waals surface area contributed by atoms with E-state index in [2.05, 4.69) is 4.98 Å². The Morgan fingerprint density at radius 1 is 1.14 bits per heavy atom. The average molecular weight is 417 g/mol. The number of carbonyl (C=O) groups excluding carboxylic acids is 1. The van der Waals surface area contributed by atoms with Crippen molar-refractivity contribution in [1.29, 1.82) is 0 Å². The molecule has 4 heterocycles. The van der Waals surface area contributed by atoms with Crippen molar-refractivity contribution in [2.45, 2.75) is 48.8 Å². The van der Waals surface area contributed by atoms with Crippen LogP contribution < -0.4 is 0 Å². The molecule has 2 aromatic heterocycles. The maximum absolute atomic E-state index is 13.3. The van der Waals surface area contributed by atoms with Crippen LogP contribution in [0.4, 0.5) is 0 Å². The Balaban J connectivity index is 1.68. The predicted octanol–water partition coefficient (Wildman–Crippen LogP) is 2.21. The normalized spacial score (nSPS) is 21.4. The van der Waals surface area contributed by atoms with E-state index in [0.29, 0.717) is 37.4 Å². The van der Waals surface area contributed by atoms with Crippen LogP contribution in [0.25, 0.3) is 11.3 Å². The van der Waals surface area contributed by atoms with Gasteiger partial charge in [-0.25, -0.2) is 8.42 Å². The molecule has 0 radical (unpaired) electrons. The lowest BCUT2D eigenvalue weighted by Crippen LogP contribution is -2.41. The zero-order chi connectivity index (χ0) is 20.0. The van der Waals surface area contributed by atoms with Gasteiger partial charge in [-0.2, -0.15) is 5.10 Å². The molecule has 2 fully saturated rings. The van der Waals surface area contributed by atoms with E-state index in [9.17, 15) is 13.2 Å². The number of aromatic nitrogens is 3. The van der Waals surface area contributed by atoms with Gasteiger partial charge in [-0.15, -0.1) is 0 Å². The number of hydrogen-bond donors (Lipinski definition) is 0. The van der Waals surface area contributed by atoms with Crippen molar-refractivity contribution in [3.8, 4) is 11.3 Å². The lowest BCUT2D eigenvalue weighted by molar-refractivity contribution is 0.0297. The first-order valence-electron chi connectivity index (χ1n) is 10.2. The van der Waals surface area contributed by atoms with E-state index in [4.69, 9.17) is 9.84 Å². The molecule has 1 aliphatic carbocycles. The van der Waals surface area contributed by atoms with Gasteiger partial charge in [0.1, 0.15) is 0 Å². The summed E-state index contributed by atoms with van der Waals surface area (Å²) in [6, 6.07) is 1.92. The van der Waals surface area contributed by atoms with Crippen LogP contribution in [-0.4, -0.2) is 60.3 Å². The summed E-state index contributed by atoms with van der Waals surface area (Å²) >= 11 is 0. The SMILES string of the molecule is O=C(c1nn(C2CCCCC2)c2c1CS(=O)(=O)c1cnccc1-2)N1CCOCC1. The van der Waals surface area contributed by atoms with E-state index >= 15 is 0 Å². The molecule has 3 aliphatic rings. The molecule has 1 saturated carbocycles. The number of ether oxygens (including phenoxy) is 1. The number of carbonyl (C=O) groups is 1. The van der Waals surface area contributed by atoms with Gasteiger partial charge in [-0.3, -0.25) is 14.5 Å². The van der Waals surface area contributed by atoms with Gasteiger partial charge >= 0.3 is 0 Å². The van der Waals surface area contributed by atoms with Gasteiger partial charge in [0, 0.05) is 36.6 Å². The predicted molar refractivity (Wildman–Crippen MR) is 105 cm³/mol. The highest BCUT2D eigenvalue weighted by Crippen LogP contribution is 2.42. The minimum atomic E-state index is -3.57. The molecule has 0 N–H and O–H groups in total. The number of fused-ring (bicyclic) bond motifs is 3. The summed E-state index contributed by atoms with van der Waals surface area (Å²) in [5.41, 5.74) is 2.20. The Kier molecular flexibility index (Phi) is 4.66. The Labute approximate surface area is 169 Å².